The van der Waals surface area contributed by atoms with E-state index >= 15 is 0 Å². The number of hydrogen-bond donors (Lipinski definition) is 2. The molecule has 84 valence electrons. The van der Waals surface area contributed by atoms with Gasteiger partial charge in [-0.25, -0.2) is 4.98 Å². The summed E-state index contributed by atoms with van der Waals surface area (Å²) in [5, 5.41) is 3.18. The molecule has 0 radical (unpaired) electrons. The first-order chi connectivity index (χ1) is 7.26. The third kappa shape index (κ3) is 4.14. The quantitative estimate of drug-likeness (QED) is 0.726. The minimum absolute atomic E-state index is 0.0348. The van der Waals surface area contributed by atoms with Gasteiger partial charge in [-0.1, -0.05) is 0 Å². The third-order valence-corrected chi connectivity index (χ3v) is 2.01. The molecule has 5 heteroatoms. The van der Waals surface area contributed by atoms with Crippen LogP contribution in [0.15, 0.2) is 18.3 Å². The maximum absolute atomic E-state index is 5.47. The molecule has 5 nitrogen and oxygen atoms in total. The van der Waals surface area contributed by atoms with E-state index in [1.807, 2.05) is 6.07 Å². The number of anilines is 2. The summed E-state index contributed by atoms with van der Waals surface area (Å²) in [5.41, 5.74) is 6.39. The van der Waals surface area contributed by atoms with Gasteiger partial charge in [-0.15, -0.1) is 0 Å². The maximum Gasteiger partial charge on any atom is 0.123 e. The molecule has 0 bridgehead atoms. The van der Waals surface area contributed by atoms with Crippen molar-refractivity contribution in [2.75, 3.05) is 38.4 Å². The van der Waals surface area contributed by atoms with Gasteiger partial charge in [0.1, 0.15) is 5.82 Å². The van der Waals surface area contributed by atoms with Crippen LogP contribution in [0.2, 0.25) is 0 Å². The smallest absolute Gasteiger partial charge is 0.123 e. The highest BCUT2D eigenvalue weighted by atomic mass is 16.5. The van der Waals surface area contributed by atoms with Gasteiger partial charge in [0.25, 0.3) is 0 Å². The average Bonchev–Trinajstić information content (AvgIpc) is 2.26. The molecule has 3 N–H and O–H groups in total. The van der Waals surface area contributed by atoms with Crippen LogP contribution >= 0.6 is 0 Å². The Labute approximate surface area is 89.6 Å². The largest absolute Gasteiger partial charge is 0.384 e. The Balaban J connectivity index is 2.38. The van der Waals surface area contributed by atoms with Crippen molar-refractivity contribution in [1.82, 2.24) is 4.98 Å². The summed E-state index contributed by atoms with van der Waals surface area (Å²) in [4.78, 5) is 3.97. The lowest BCUT2D eigenvalue weighted by Gasteiger charge is -2.15. The van der Waals surface area contributed by atoms with Gasteiger partial charge < -0.3 is 20.5 Å². The van der Waals surface area contributed by atoms with Gasteiger partial charge in [-0.3, -0.25) is 0 Å². The minimum Gasteiger partial charge on any atom is -0.384 e. The number of pyridine rings is 1. The van der Waals surface area contributed by atoms with Gasteiger partial charge >= 0.3 is 0 Å². The number of methoxy groups -OCH3 is 2. The van der Waals surface area contributed by atoms with Crippen molar-refractivity contribution in [2.24, 2.45) is 0 Å². The van der Waals surface area contributed by atoms with E-state index in [1.54, 1.807) is 26.5 Å². The molecule has 0 aliphatic rings. The molecule has 1 rings (SSSR count). The number of rotatable bonds is 6. The standard InChI is InChI=1S/C10H17N3O2/c1-14-7-9(15-2)6-12-8-3-4-10(11)13-5-8/h3-5,9,12H,6-7H2,1-2H3,(H2,11,13). The second kappa shape index (κ2) is 6.21. The van der Waals surface area contributed by atoms with Gasteiger partial charge in [0.05, 0.1) is 24.6 Å². The summed E-state index contributed by atoms with van der Waals surface area (Å²) < 4.78 is 10.2. The fourth-order valence-electron chi connectivity index (χ4n) is 1.14. The normalized spacial score (nSPS) is 12.4. The SMILES string of the molecule is COCC(CNc1ccc(N)nc1)OC. The lowest BCUT2D eigenvalue weighted by molar-refractivity contribution is 0.0365. The Morgan fingerprint density at radius 3 is 2.80 bits per heavy atom. The number of nitrogens with one attached hydrogen (secondary N) is 1. The van der Waals surface area contributed by atoms with Crippen LogP contribution in [0.25, 0.3) is 0 Å². The molecule has 0 aliphatic heterocycles. The molecule has 0 amide bonds. The van der Waals surface area contributed by atoms with Crippen LogP contribution in [-0.2, 0) is 9.47 Å². The number of ether oxygens (including phenoxy) is 2. The second-order valence-electron chi connectivity index (χ2n) is 3.17. The zero-order valence-electron chi connectivity index (χ0n) is 9.06. The van der Waals surface area contributed by atoms with Crippen molar-refractivity contribution in [2.45, 2.75) is 6.10 Å². The predicted octanol–water partition coefficient (Wildman–Crippen LogP) is 0.737. The number of aromatic nitrogens is 1. The van der Waals surface area contributed by atoms with Crippen LogP contribution < -0.4 is 11.1 Å². The van der Waals surface area contributed by atoms with E-state index in [0.29, 0.717) is 19.0 Å². The lowest BCUT2D eigenvalue weighted by Crippen LogP contribution is -2.26. The molecule has 15 heavy (non-hydrogen) atoms. The van der Waals surface area contributed by atoms with Crippen LogP contribution in [0, 0.1) is 0 Å². The Kier molecular flexibility index (Phi) is 4.86. The molecule has 0 aliphatic carbocycles. The highest BCUT2D eigenvalue weighted by Crippen LogP contribution is 2.07. The molecular formula is C10H17N3O2. The summed E-state index contributed by atoms with van der Waals surface area (Å²) in [6.45, 7) is 1.24. The number of nitrogen functional groups attached to an aromatic ring is 1. The number of nitrogens with two attached hydrogens (primary N) is 1. The zero-order chi connectivity index (χ0) is 11.1. The molecule has 0 saturated heterocycles. The predicted molar refractivity (Wildman–Crippen MR) is 59.8 cm³/mol. The second-order valence-corrected chi connectivity index (χ2v) is 3.17. The van der Waals surface area contributed by atoms with Gasteiger partial charge in [0.15, 0.2) is 0 Å². The Hall–Kier alpha value is -1.33. The molecule has 0 fully saturated rings. The van der Waals surface area contributed by atoms with Crippen LogP contribution in [0.5, 0.6) is 0 Å². The van der Waals surface area contributed by atoms with E-state index in [-0.39, 0.29) is 6.10 Å². The van der Waals surface area contributed by atoms with Gasteiger partial charge in [-0.2, -0.15) is 0 Å². The van der Waals surface area contributed by atoms with E-state index in [0.717, 1.165) is 5.69 Å². The first-order valence-electron chi connectivity index (χ1n) is 4.73. The number of nitrogens with zero attached hydrogens (tertiary/aromatic N) is 1. The fourth-order valence-corrected chi connectivity index (χ4v) is 1.14. The van der Waals surface area contributed by atoms with Gasteiger partial charge in [-0.05, 0) is 12.1 Å². The highest BCUT2D eigenvalue weighted by Gasteiger charge is 2.05. The first-order valence-corrected chi connectivity index (χ1v) is 4.73. The molecule has 0 spiro atoms. The monoisotopic (exact) mass is 211 g/mol. The maximum atomic E-state index is 5.47. The molecule has 1 unspecified atom stereocenters. The van der Waals surface area contributed by atoms with Crippen LogP contribution in [0.4, 0.5) is 11.5 Å². The Morgan fingerprint density at radius 2 is 2.27 bits per heavy atom. The van der Waals surface area contributed by atoms with Crippen molar-refractivity contribution < 1.29 is 9.47 Å². The summed E-state index contributed by atoms with van der Waals surface area (Å²) in [5.74, 6) is 0.515. The van der Waals surface area contributed by atoms with E-state index in [4.69, 9.17) is 15.2 Å². The van der Waals surface area contributed by atoms with Crippen molar-refractivity contribution in [3.63, 3.8) is 0 Å². The van der Waals surface area contributed by atoms with E-state index in [1.165, 1.54) is 0 Å². The van der Waals surface area contributed by atoms with Crippen LogP contribution in [0.1, 0.15) is 0 Å². The fraction of sp³-hybridized carbons (Fsp3) is 0.500. The summed E-state index contributed by atoms with van der Waals surface area (Å²) in [7, 11) is 3.31. The Bertz CT molecular complexity index is 277. The molecule has 0 aromatic carbocycles. The molecule has 0 saturated carbocycles. The Morgan fingerprint density at radius 1 is 1.47 bits per heavy atom. The molecule has 1 aromatic heterocycles. The van der Waals surface area contributed by atoms with Crippen molar-refractivity contribution in [3.05, 3.63) is 18.3 Å². The number of hydrogen-bond acceptors (Lipinski definition) is 5. The first kappa shape index (κ1) is 11.7. The van der Waals surface area contributed by atoms with Gasteiger partial charge in [0.2, 0.25) is 0 Å². The highest BCUT2D eigenvalue weighted by molar-refractivity contribution is 5.45. The third-order valence-electron chi connectivity index (χ3n) is 2.01. The summed E-state index contributed by atoms with van der Waals surface area (Å²) in [6.07, 6.45) is 1.72. The average molecular weight is 211 g/mol. The van der Waals surface area contributed by atoms with Crippen LogP contribution in [0.3, 0.4) is 0 Å². The minimum atomic E-state index is 0.0348. The molecular weight excluding hydrogens is 194 g/mol. The molecule has 1 atom stereocenters. The van der Waals surface area contributed by atoms with Crippen LogP contribution in [-0.4, -0.2) is 38.5 Å². The summed E-state index contributed by atoms with van der Waals surface area (Å²) >= 11 is 0. The summed E-state index contributed by atoms with van der Waals surface area (Å²) in [6, 6.07) is 3.63. The van der Waals surface area contributed by atoms with Crippen molar-refractivity contribution >= 4 is 11.5 Å². The lowest BCUT2D eigenvalue weighted by atomic mass is 10.3. The van der Waals surface area contributed by atoms with Gasteiger partial charge in [0, 0.05) is 20.8 Å². The van der Waals surface area contributed by atoms with Crippen molar-refractivity contribution in [3.8, 4) is 0 Å². The van der Waals surface area contributed by atoms with E-state index in [9.17, 15) is 0 Å². The van der Waals surface area contributed by atoms with E-state index in [2.05, 4.69) is 10.3 Å². The van der Waals surface area contributed by atoms with Crippen molar-refractivity contribution in [1.29, 1.82) is 0 Å². The molecule has 1 heterocycles. The topological polar surface area (TPSA) is 69.4 Å². The molecule has 1 aromatic rings. The zero-order valence-corrected chi connectivity index (χ0v) is 9.06. The van der Waals surface area contributed by atoms with E-state index < -0.39 is 0 Å².